The monoisotopic (exact) mass is 443 g/mol. The van der Waals surface area contributed by atoms with Crippen molar-refractivity contribution in [1.82, 2.24) is 10.2 Å². The number of nitrogens with one attached hydrogen (secondary N) is 2. The zero-order valence-corrected chi connectivity index (χ0v) is 17.2. The first kappa shape index (κ1) is 20.1. The molecule has 2 aromatic carbocycles. The number of likely N-dealkylation sites (tertiary alicyclic amines) is 1. The van der Waals surface area contributed by atoms with Gasteiger partial charge in [0.05, 0.1) is 0 Å². The molecule has 7 heteroatoms. The Hall–Kier alpha value is -2.67. The molecule has 3 rings (SSSR count). The van der Waals surface area contributed by atoms with Crippen molar-refractivity contribution < 1.29 is 14.4 Å². The third-order valence-corrected chi connectivity index (χ3v) is 5.13. The quantitative estimate of drug-likeness (QED) is 0.759. The predicted octanol–water partition coefficient (Wildman–Crippen LogP) is 3.44. The van der Waals surface area contributed by atoms with Crippen LogP contribution in [0.15, 0.2) is 53.0 Å². The van der Waals surface area contributed by atoms with E-state index in [0.29, 0.717) is 42.7 Å². The Labute approximate surface area is 172 Å². The number of carbonyl (C=O) groups excluding carboxylic acids is 3. The average Bonchev–Trinajstić information content (AvgIpc) is 2.68. The maximum absolute atomic E-state index is 12.6. The second-order valence-electron chi connectivity index (χ2n) is 6.81. The largest absolute Gasteiger partial charge is 0.349 e. The molecule has 1 heterocycles. The molecule has 1 aliphatic heterocycles. The Morgan fingerprint density at radius 1 is 1.00 bits per heavy atom. The van der Waals surface area contributed by atoms with Gasteiger partial charge in [-0.2, -0.15) is 0 Å². The van der Waals surface area contributed by atoms with Crippen molar-refractivity contribution in [3.8, 4) is 0 Å². The van der Waals surface area contributed by atoms with Crippen LogP contribution in [0.2, 0.25) is 0 Å². The van der Waals surface area contributed by atoms with Crippen LogP contribution in [0.25, 0.3) is 0 Å². The van der Waals surface area contributed by atoms with Gasteiger partial charge in [-0.3, -0.25) is 14.4 Å². The lowest BCUT2D eigenvalue weighted by Crippen LogP contribution is -2.46. The van der Waals surface area contributed by atoms with Crippen LogP contribution in [-0.4, -0.2) is 41.8 Å². The summed E-state index contributed by atoms with van der Waals surface area (Å²) in [6.45, 7) is 2.63. The van der Waals surface area contributed by atoms with Crippen LogP contribution in [0.4, 0.5) is 5.69 Å². The first-order valence-electron chi connectivity index (χ1n) is 9.16. The maximum Gasteiger partial charge on any atom is 0.253 e. The Kier molecular flexibility index (Phi) is 6.46. The molecule has 2 N–H and O–H groups in total. The summed E-state index contributed by atoms with van der Waals surface area (Å²) in [4.78, 5) is 38.1. The first-order chi connectivity index (χ1) is 13.4. The van der Waals surface area contributed by atoms with Gasteiger partial charge in [0, 0.05) is 47.3 Å². The van der Waals surface area contributed by atoms with E-state index in [1.54, 1.807) is 24.3 Å². The van der Waals surface area contributed by atoms with Crippen LogP contribution in [0.5, 0.6) is 0 Å². The molecule has 0 unspecified atom stereocenters. The summed E-state index contributed by atoms with van der Waals surface area (Å²) in [5.41, 5.74) is 1.75. The Morgan fingerprint density at radius 3 is 2.36 bits per heavy atom. The van der Waals surface area contributed by atoms with E-state index in [-0.39, 0.29) is 23.8 Å². The van der Waals surface area contributed by atoms with Crippen molar-refractivity contribution in [2.24, 2.45) is 0 Å². The van der Waals surface area contributed by atoms with Gasteiger partial charge in [0.2, 0.25) is 5.91 Å². The molecule has 6 nitrogen and oxygen atoms in total. The number of hydrogen-bond acceptors (Lipinski definition) is 3. The third kappa shape index (κ3) is 5.19. The van der Waals surface area contributed by atoms with Crippen LogP contribution < -0.4 is 10.6 Å². The normalized spacial score (nSPS) is 14.4. The minimum atomic E-state index is -0.181. The van der Waals surface area contributed by atoms with Crippen molar-refractivity contribution in [2.75, 3.05) is 18.4 Å². The van der Waals surface area contributed by atoms with E-state index in [2.05, 4.69) is 26.6 Å². The molecule has 2 aromatic rings. The van der Waals surface area contributed by atoms with Crippen LogP contribution in [-0.2, 0) is 4.79 Å². The highest BCUT2D eigenvalue weighted by atomic mass is 79.9. The van der Waals surface area contributed by atoms with E-state index in [0.717, 1.165) is 4.47 Å². The molecule has 0 bridgehead atoms. The zero-order valence-electron chi connectivity index (χ0n) is 15.6. The minimum absolute atomic E-state index is 0.00841. The number of benzene rings is 2. The Morgan fingerprint density at radius 2 is 1.68 bits per heavy atom. The zero-order chi connectivity index (χ0) is 20.1. The number of carbonyl (C=O) groups is 3. The third-order valence-electron chi connectivity index (χ3n) is 4.63. The topological polar surface area (TPSA) is 78.5 Å². The molecule has 3 amide bonds. The number of anilines is 1. The van der Waals surface area contributed by atoms with Gasteiger partial charge in [-0.1, -0.05) is 28.1 Å². The van der Waals surface area contributed by atoms with Gasteiger partial charge >= 0.3 is 0 Å². The lowest BCUT2D eigenvalue weighted by atomic mass is 10.0. The highest BCUT2D eigenvalue weighted by Crippen LogP contribution is 2.18. The van der Waals surface area contributed by atoms with Crippen molar-refractivity contribution >= 4 is 39.3 Å². The summed E-state index contributed by atoms with van der Waals surface area (Å²) in [6, 6.07) is 14.2. The van der Waals surface area contributed by atoms with Crippen LogP contribution >= 0.6 is 15.9 Å². The van der Waals surface area contributed by atoms with Gasteiger partial charge in [0.1, 0.15) is 0 Å². The number of hydrogen-bond donors (Lipinski definition) is 2. The molecule has 0 saturated carbocycles. The molecule has 146 valence electrons. The van der Waals surface area contributed by atoms with Crippen LogP contribution in [0.1, 0.15) is 40.5 Å². The molecule has 0 radical (unpaired) electrons. The number of piperidine rings is 1. The van der Waals surface area contributed by atoms with E-state index in [1.807, 2.05) is 29.2 Å². The van der Waals surface area contributed by atoms with Gasteiger partial charge in [-0.05, 0) is 49.2 Å². The standard InChI is InChI=1S/C21H22BrN3O3/c1-14(26)23-19-7-3-4-15(13-19)20(27)24-18-8-10-25(11-9-18)21(28)16-5-2-6-17(22)12-16/h2-7,12-13,18H,8-11H2,1H3,(H,23,26)(H,24,27). The van der Waals surface area contributed by atoms with Crippen molar-refractivity contribution in [3.63, 3.8) is 0 Å². The summed E-state index contributed by atoms with van der Waals surface area (Å²) in [6.07, 6.45) is 1.41. The van der Waals surface area contributed by atoms with Gasteiger partial charge in [-0.15, -0.1) is 0 Å². The number of amides is 3. The van der Waals surface area contributed by atoms with Crippen LogP contribution in [0.3, 0.4) is 0 Å². The summed E-state index contributed by atoms with van der Waals surface area (Å²) < 4.78 is 0.877. The lowest BCUT2D eigenvalue weighted by Gasteiger charge is -2.32. The maximum atomic E-state index is 12.6. The van der Waals surface area contributed by atoms with E-state index in [1.165, 1.54) is 6.92 Å². The van der Waals surface area contributed by atoms with Gasteiger partial charge in [0.15, 0.2) is 0 Å². The van der Waals surface area contributed by atoms with Gasteiger partial charge < -0.3 is 15.5 Å². The Bertz CT molecular complexity index is 892. The second kappa shape index (κ2) is 9.01. The van der Waals surface area contributed by atoms with Crippen LogP contribution in [0, 0.1) is 0 Å². The van der Waals surface area contributed by atoms with E-state index in [9.17, 15) is 14.4 Å². The SMILES string of the molecule is CC(=O)Nc1cccc(C(=O)NC2CCN(C(=O)c3cccc(Br)c3)CC2)c1. The molecule has 1 saturated heterocycles. The molecule has 0 aromatic heterocycles. The number of nitrogens with zero attached hydrogens (tertiary/aromatic N) is 1. The highest BCUT2D eigenvalue weighted by molar-refractivity contribution is 9.10. The minimum Gasteiger partial charge on any atom is -0.349 e. The van der Waals surface area contributed by atoms with Crippen molar-refractivity contribution in [2.45, 2.75) is 25.8 Å². The summed E-state index contributed by atoms with van der Waals surface area (Å²) in [7, 11) is 0. The van der Waals surface area contributed by atoms with Gasteiger partial charge in [0.25, 0.3) is 11.8 Å². The predicted molar refractivity (Wildman–Crippen MR) is 111 cm³/mol. The van der Waals surface area contributed by atoms with Crippen molar-refractivity contribution in [3.05, 3.63) is 64.1 Å². The molecule has 28 heavy (non-hydrogen) atoms. The molecule has 1 fully saturated rings. The molecular formula is C21H22BrN3O3. The average molecular weight is 444 g/mol. The molecule has 1 aliphatic rings. The van der Waals surface area contributed by atoms with E-state index in [4.69, 9.17) is 0 Å². The summed E-state index contributed by atoms with van der Waals surface area (Å²) >= 11 is 3.39. The molecule has 0 aliphatic carbocycles. The smallest absolute Gasteiger partial charge is 0.253 e. The molecule has 0 spiro atoms. The van der Waals surface area contributed by atoms with Gasteiger partial charge in [-0.25, -0.2) is 0 Å². The number of halogens is 1. The number of rotatable bonds is 4. The van der Waals surface area contributed by atoms with Crippen molar-refractivity contribution in [1.29, 1.82) is 0 Å². The van der Waals surface area contributed by atoms with E-state index >= 15 is 0 Å². The lowest BCUT2D eigenvalue weighted by molar-refractivity contribution is -0.114. The fourth-order valence-electron chi connectivity index (χ4n) is 3.24. The second-order valence-corrected chi connectivity index (χ2v) is 7.73. The summed E-state index contributed by atoms with van der Waals surface area (Å²) in [5.74, 6) is -0.349. The van der Waals surface area contributed by atoms with E-state index < -0.39 is 0 Å². The highest BCUT2D eigenvalue weighted by Gasteiger charge is 2.25. The fourth-order valence-corrected chi connectivity index (χ4v) is 3.64. The molecular weight excluding hydrogens is 422 g/mol. The summed E-state index contributed by atoms with van der Waals surface area (Å²) in [5, 5.41) is 5.70. The Balaban J connectivity index is 1.55. The molecule has 0 atom stereocenters. The first-order valence-corrected chi connectivity index (χ1v) is 9.95. The fraction of sp³-hybridized carbons (Fsp3) is 0.286.